The Morgan fingerprint density at radius 3 is 2.81 bits per heavy atom. The van der Waals surface area contributed by atoms with Crippen LogP contribution in [-0.4, -0.2) is 43.9 Å². The van der Waals surface area contributed by atoms with Gasteiger partial charge in [0.15, 0.2) is 0 Å². The number of carbonyl (C=O) groups is 1. The molecule has 1 aromatic carbocycles. The number of hydrogen-bond donors (Lipinski definition) is 1. The van der Waals surface area contributed by atoms with Crippen molar-refractivity contribution in [3.63, 3.8) is 0 Å². The summed E-state index contributed by atoms with van der Waals surface area (Å²) in [5.74, 6) is -1.01. The van der Waals surface area contributed by atoms with Gasteiger partial charge in [-0.15, -0.1) is 0 Å². The van der Waals surface area contributed by atoms with Crippen molar-refractivity contribution in [2.45, 2.75) is 26.2 Å². The van der Waals surface area contributed by atoms with Gasteiger partial charge < -0.3 is 5.11 Å². The monoisotopic (exact) mass is 312 g/mol. The maximum Gasteiger partial charge on any atom is 0.304 e. The molecular weight excluding hydrogens is 292 g/mol. The topological polar surface area (TPSA) is 77.9 Å². The summed E-state index contributed by atoms with van der Waals surface area (Å²) in [6.45, 7) is 2.29. The zero-order valence-electron chi connectivity index (χ0n) is 12.2. The van der Waals surface area contributed by atoms with Crippen molar-refractivity contribution in [3.05, 3.63) is 29.3 Å². The third-order valence-corrected chi connectivity index (χ3v) is 5.58. The summed E-state index contributed by atoms with van der Waals surface area (Å²) in [6.07, 6.45) is 1.43. The Bertz CT molecular complexity index is 642. The predicted molar refractivity (Wildman–Crippen MR) is 80.6 cm³/mol. The summed E-state index contributed by atoms with van der Waals surface area (Å²) >= 11 is 0. The first kappa shape index (κ1) is 15.8. The second-order valence-electron chi connectivity index (χ2n) is 5.23. The van der Waals surface area contributed by atoms with Crippen LogP contribution in [0.3, 0.4) is 0 Å². The van der Waals surface area contributed by atoms with Crippen molar-refractivity contribution in [1.82, 2.24) is 4.31 Å². The molecule has 0 atom stereocenters. The van der Waals surface area contributed by atoms with E-state index in [1.165, 1.54) is 11.4 Å². The zero-order valence-corrected chi connectivity index (χ0v) is 13.1. The minimum Gasteiger partial charge on any atom is -0.481 e. The average molecular weight is 312 g/mol. The van der Waals surface area contributed by atoms with Crippen LogP contribution in [0.5, 0.6) is 0 Å². The molecule has 0 amide bonds. The molecule has 0 aliphatic carbocycles. The normalized spacial score (nSPS) is 15.1. The fourth-order valence-electron chi connectivity index (χ4n) is 2.57. The number of carboxylic acids is 1. The minimum atomic E-state index is -3.69. The highest BCUT2D eigenvalue weighted by molar-refractivity contribution is 7.90. The molecule has 1 aliphatic rings. The number of rotatable bonds is 5. The van der Waals surface area contributed by atoms with Crippen LogP contribution in [0, 0.1) is 6.92 Å². The van der Waals surface area contributed by atoms with E-state index in [9.17, 15) is 13.2 Å². The van der Waals surface area contributed by atoms with E-state index in [1.54, 1.807) is 0 Å². The van der Waals surface area contributed by atoms with Crippen LogP contribution in [0.1, 0.15) is 24.0 Å². The second-order valence-corrected chi connectivity index (χ2v) is 7.19. The predicted octanol–water partition coefficient (Wildman–Crippen LogP) is 1.40. The number of benzene rings is 1. The van der Waals surface area contributed by atoms with Crippen molar-refractivity contribution in [2.24, 2.45) is 0 Å². The van der Waals surface area contributed by atoms with Gasteiger partial charge >= 0.3 is 16.2 Å². The van der Waals surface area contributed by atoms with Gasteiger partial charge in [0, 0.05) is 20.1 Å². The quantitative estimate of drug-likeness (QED) is 0.891. The molecule has 1 heterocycles. The Balaban J connectivity index is 2.32. The van der Waals surface area contributed by atoms with E-state index in [0.717, 1.165) is 34.0 Å². The Morgan fingerprint density at radius 1 is 1.43 bits per heavy atom. The van der Waals surface area contributed by atoms with Gasteiger partial charge in [-0.2, -0.15) is 12.7 Å². The number of anilines is 1. The van der Waals surface area contributed by atoms with Crippen molar-refractivity contribution >= 4 is 21.9 Å². The van der Waals surface area contributed by atoms with Crippen LogP contribution < -0.4 is 4.31 Å². The Kier molecular flexibility index (Phi) is 4.53. The molecule has 0 saturated heterocycles. The number of nitrogens with zero attached hydrogens (tertiary/aromatic N) is 2. The van der Waals surface area contributed by atoms with Crippen LogP contribution in [0.4, 0.5) is 5.69 Å². The molecule has 6 nitrogen and oxygen atoms in total. The van der Waals surface area contributed by atoms with Gasteiger partial charge in [-0.25, -0.2) is 0 Å². The van der Waals surface area contributed by atoms with E-state index in [-0.39, 0.29) is 13.0 Å². The number of aryl methyl sites for hydroxylation is 2. The Morgan fingerprint density at radius 2 is 2.14 bits per heavy atom. The van der Waals surface area contributed by atoms with E-state index in [2.05, 4.69) is 0 Å². The van der Waals surface area contributed by atoms with E-state index < -0.39 is 16.2 Å². The van der Waals surface area contributed by atoms with Crippen molar-refractivity contribution < 1.29 is 18.3 Å². The van der Waals surface area contributed by atoms with Crippen molar-refractivity contribution in [2.75, 3.05) is 24.4 Å². The molecule has 1 aliphatic heterocycles. The van der Waals surface area contributed by atoms with E-state index in [1.807, 2.05) is 25.1 Å². The smallest absolute Gasteiger partial charge is 0.304 e. The van der Waals surface area contributed by atoms with Gasteiger partial charge in [0.1, 0.15) is 0 Å². The third kappa shape index (κ3) is 3.19. The maximum absolute atomic E-state index is 12.7. The number of carboxylic acid groups (broad SMARTS) is 1. The highest BCUT2D eigenvalue weighted by Gasteiger charge is 2.31. The van der Waals surface area contributed by atoms with Gasteiger partial charge in [0.25, 0.3) is 0 Å². The van der Waals surface area contributed by atoms with E-state index in [4.69, 9.17) is 5.11 Å². The maximum atomic E-state index is 12.7. The number of aliphatic carboxylic acids is 1. The lowest BCUT2D eigenvalue weighted by molar-refractivity contribution is -0.137. The van der Waals surface area contributed by atoms with Gasteiger partial charge in [0.05, 0.1) is 12.1 Å². The van der Waals surface area contributed by atoms with Crippen LogP contribution in [0.15, 0.2) is 18.2 Å². The van der Waals surface area contributed by atoms with E-state index >= 15 is 0 Å². The molecule has 0 fully saturated rings. The molecule has 7 heteroatoms. The van der Waals surface area contributed by atoms with Gasteiger partial charge in [0.2, 0.25) is 0 Å². The van der Waals surface area contributed by atoms with Gasteiger partial charge in [-0.05, 0) is 30.9 Å². The standard InChI is InChI=1S/C14H20N2O4S/c1-11-5-3-6-12-7-4-9-16(14(11)12)21(19,20)15(2)10-8-13(17)18/h3,5-6H,4,7-10H2,1-2H3,(H,17,18). The van der Waals surface area contributed by atoms with Crippen LogP contribution in [-0.2, 0) is 21.4 Å². The first-order valence-corrected chi connectivity index (χ1v) is 8.28. The summed E-state index contributed by atoms with van der Waals surface area (Å²) in [7, 11) is -2.27. The number of hydrogen-bond acceptors (Lipinski definition) is 3. The second kappa shape index (κ2) is 6.03. The molecule has 2 rings (SSSR count). The largest absolute Gasteiger partial charge is 0.481 e. The lowest BCUT2D eigenvalue weighted by Gasteiger charge is -2.34. The number of fused-ring (bicyclic) bond motifs is 1. The lowest BCUT2D eigenvalue weighted by Crippen LogP contribution is -2.45. The first-order valence-electron chi connectivity index (χ1n) is 6.88. The fraction of sp³-hybridized carbons (Fsp3) is 0.500. The molecule has 0 bridgehead atoms. The summed E-state index contributed by atoms with van der Waals surface area (Å²) in [5, 5.41) is 8.71. The van der Waals surface area contributed by atoms with Crippen LogP contribution >= 0.6 is 0 Å². The Labute approximate surface area is 125 Å². The van der Waals surface area contributed by atoms with Crippen molar-refractivity contribution in [3.8, 4) is 0 Å². The molecule has 0 saturated carbocycles. The van der Waals surface area contributed by atoms with Crippen LogP contribution in [0.2, 0.25) is 0 Å². The molecule has 21 heavy (non-hydrogen) atoms. The molecule has 1 N–H and O–H groups in total. The van der Waals surface area contributed by atoms with Gasteiger partial charge in [-0.3, -0.25) is 9.10 Å². The number of para-hydroxylation sites is 1. The summed E-state index contributed by atoms with van der Waals surface area (Å²) in [4.78, 5) is 10.6. The first-order chi connectivity index (χ1) is 9.84. The zero-order chi connectivity index (χ0) is 15.6. The Hall–Kier alpha value is -1.60. The molecule has 1 aromatic rings. The molecule has 116 valence electrons. The van der Waals surface area contributed by atoms with E-state index in [0.29, 0.717) is 6.54 Å². The molecule has 0 unspecified atom stereocenters. The minimum absolute atomic E-state index is 0.0324. The lowest BCUT2D eigenvalue weighted by atomic mass is 10.0. The molecule has 0 radical (unpaired) electrons. The average Bonchev–Trinajstić information content (AvgIpc) is 2.44. The molecular formula is C14H20N2O4S. The summed E-state index contributed by atoms with van der Waals surface area (Å²) in [6, 6.07) is 5.77. The molecule has 0 aromatic heterocycles. The summed E-state index contributed by atoms with van der Waals surface area (Å²) in [5.41, 5.74) is 2.68. The SMILES string of the molecule is Cc1cccc2c1N(S(=O)(=O)N(C)CCC(=O)O)CCC2. The highest BCUT2D eigenvalue weighted by Crippen LogP contribution is 2.33. The molecule has 0 spiro atoms. The van der Waals surface area contributed by atoms with Gasteiger partial charge in [-0.1, -0.05) is 18.2 Å². The third-order valence-electron chi connectivity index (χ3n) is 3.69. The fourth-order valence-corrected chi connectivity index (χ4v) is 4.08. The van der Waals surface area contributed by atoms with Crippen molar-refractivity contribution in [1.29, 1.82) is 0 Å². The highest BCUT2D eigenvalue weighted by atomic mass is 32.2. The van der Waals surface area contributed by atoms with Crippen LogP contribution in [0.25, 0.3) is 0 Å². The summed E-state index contributed by atoms with van der Waals surface area (Å²) < 4.78 is 27.9.